The predicted molar refractivity (Wildman–Crippen MR) is 59.4 cm³/mol. The fourth-order valence-corrected chi connectivity index (χ4v) is 1.42. The SMILES string of the molecule is C#CCC(NN)c1ccc(Cl)cc1N. The van der Waals surface area contributed by atoms with E-state index in [-0.39, 0.29) is 6.04 Å². The monoisotopic (exact) mass is 209 g/mol. The zero-order chi connectivity index (χ0) is 10.6. The first-order valence-electron chi connectivity index (χ1n) is 4.13. The Morgan fingerprint density at radius 2 is 2.29 bits per heavy atom. The number of halogens is 1. The first-order valence-corrected chi connectivity index (χ1v) is 4.51. The lowest BCUT2D eigenvalue weighted by molar-refractivity contribution is 0.570. The summed E-state index contributed by atoms with van der Waals surface area (Å²) in [6.45, 7) is 0. The number of hydrazine groups is 1. The lowest BCUT2D eigenvalue weighted by atomic mass is 10.0. The number of benzene rings is 1. The highest BCUT2D eigenvalue weighted by Gasteiger charge is 2.11. The average Bonchev–Trinajstić information content (AvgIpc) is 2.15. The van der Waals surface area contributed by atoms with Crippen LogP contribution in [0.25, 0.3) is 0 Å². The van der Waals surface area contributed by atoms with Crippen molar-refractivity contribution in [3.63, 3.8) is 0 Å². The summed E-state index contributed by atoms with van der Waals surface area (Å²) in [6.07, 6.45) is 5.70. The van der Waals surface area contributed by atoms with Crippen molar-refractivity contribution in [3.05, 3.63) is 28.8 Å². The molecule has 0 saturated heterocycles. The van der Waals surface area contributed by atoms with Crippen molar-refractivity contribution in [2.75, 3.05) is 5.73 Å². The molecule has 1 rings (SSSR count). The van der Waals surface area contributed by atoms with E-state index in [0.717, 1.165) is 5.56 Å². The van der Waals surface area contributed by atoms with Gasteiger partial charge >= 0.3 is 0 Å². The van der Waals surface area contributed by atoms with Crippen LogP contribution in [0.4, 0.5) is 5.69 Å². The summed E-state index contributed by atoms with van der Waals surface area (Å²) >= 11 is 5.77. The van der Waals surface area contributed by atoms with E-state index in [0.29, 0.717) is 17.1 Å². The van der Waals surface area contributed by atoms with E-state index in [1.165, 1.54) is 0 Å². The van der Waals surface area contributed by atoms with Gasteiger partial charge in [0.05, 0.1) is 6.04 Å². The number of nitrogen functional groups attached to an aromatic ring is 1. The van der Waals surface area contributed by atoms with Gasteiger partial charge in [0.2, 0.25) is 0 Å². The molecule has 3 nitrogen and oxygen atoms in total. The second-order valence-electron chi connectivity index (χ2n) is 2.90. The highest BCUT2D eigenvalue weighted by atomic mass is 35.5. The van der Waals surface area contributed by atoms with Crippen LogP contribution in [0.5, 0.6) is 0 Å². The van der Waals surface area contributed by atoms with Crippen LogP contribution in [0, 0.1) is 12.3 Å². The molecule has 0 aliphatic carbocycles. The number of hydrogen-bond donors (Lipinski definition) is 3. The topological polar surface area (TPSA) is 64.1 Å². The highest BCUT2D eigenvalue weighted by molar-refractivity contribution is 6.30. The van der Waals surface area contributed by atoms with Crippen molar-refractivity contribution in [1.29, 1.82) is 0 Å². The van der Waals surface area contributed by atoms with Crippen molar-refractivity contribution < 1.29 is 0 Å². The van der Waals surface area contributed by atoms with Gasteiger partial charge in [-0.1, -0.05) is 17.7 Å². The number of nitrogens with one attached hydrogen (secondary N) is 1. The minimum absolute atomic E-state index is 0.128. The van der Waals surface area contributed by atoms with E-state index in [1.54, 1.807) is 12.1 Å². The van der Waals surface area contributed by atoms with Gasteiger partial charge < -0.3 is 5.73 Å². The largest absolute Gasteiger partial charge is 0.398 e. The summed E-state index contributed by atoms with van der Waals surface area (Å²) in [6, 6.07) is 5.13. The number of nitrogens with two attached hydrogens (primary N) is 2. The average molecular weight is 210 g/mol. The fraction of sp³-hybridized carbons (Fsp3) is 0.200. The smallest absolute Gasteiger partial charge is 0.0589 e. The third-order valence-corrected chi connectivity index (χ3v) is 2.18. The van der Waals surface area contributed by atoms with Crippen molar-refractivity contribution in [1.82, 2.24) is 5.43 Å². The van der Waals surface area contributed by atoms with E-state index in [4.69, 9.17) is 29.6 Å². The normalized spacial score (nSPS) is 12.1. The first kappa shape index (κ1) is 10.9. The second-order valence-corrected chi connectivity index (χ2v) is 3.34. The van der Waals surface area contributed by atoms with Gasteiger partial charge in [-0.05, 0) is 17.7 Å². The van der Waals surface area contributed by atoms with Crippen molar-refractivity contribution >= 4 is 17.3 Å². The Bertz CT molecular complexity index is 357. The van der Waals surface area contributed by atoms with Crippen LogP contribution in [0.1, 0.15) is 18.0 Å². The summed E-state index contributed by atoms with van der Waals surface area (Å²) in [4.78, 5) is 0. The van der Waals surface area contributed by atoms with Gasteiger partial charge in [0, 0.05) is 17.1 Å². The van der Waals surface area contributed by atoms with Crippen LogP contribution in [-0.2, 0) is 0 Å². The third kappa shape index (κ3) is 2.39. The Hall–Kier alpha value is -1.21. The first-order chi connectivity index (χ1) is 6.69. The van der Waals surface area contributed by atoms with Crippen LogP contribution < -0.4 is 17.0 Å². The molecule has 0 bridgehead atoms. The Kier molecular flexibility index (Phi) is 3.78. The molecule has 0 radical (unpaired) electrons. The quantitative estimate of drug-likeness (QED) is 0.306. The molecule has 1 aromatic carbocycles. The maximum atomic E-state index is 5.78. The number of rotatable bonds is 3. The lowest BCUT2D eigenvalue weighted by Crippen LogP contribution is -2.28. The summed E-state index contributed by atoms with van der Waals surface area (Å²) < 4.78 is 0. The molecule has 0 saturated carbocycles. The number of anilines is 1. The van der Waals surface area contributed by atoms with E-state index in [1.807, 2.05) is 6.07 Å². The van der Waals surface area contributed by atoms with E-state index < -0.39 is 0 Å². The predicted octanol–water partition coefficient (Wildman–Crippen LogP) is 1.45. The second kappa shape index (κ2) is 4.87. The molecule has 0 amide bonds. The molecule has 1 unspecified atom stereocenters. The summed E-state index contributed by atoms with van der Waals surface area (Å²) in [5.74, 6) is 7.89. The van der Waals surface area contributed by atoms with Crippen molar-refractivity contribution in [3.8, 4) is 12.3 Å². The van der Waals surface area contributed by atoms with E-state index >= 15 is 0 Å². The molecule has 0 aliphatic heterocycles. The molecule has 0 heterocycles. The summed E-state index contributed by atoms with van der Waals surface area (Å²) in [5.41, 5.74) is 9.86. The minimum Gasteiger partial charge on any atom is -0.398 e. The molecule has 0 aliphatic rings. The van der Waals surface area contributed by atoms with Crippen LogP contribution in [0.2, 0.25) is 5.02 Å². The van der Waals surface area contributed by atoms with Crippen LogP contribution >= 0.6 is 11.6 Å². The van der Waals surface area contributed by atoms with Crippen LogP contribution in [0.15, 0.2) is 18.2 Å². The molecule has 74 valence electrons. The van der Waals surface area contributed by atoms with Gasteiger partial charge in [-0.25, -0.2) is 0 Å². The van der Waals surface area contributed by atoms with Gasteiger partial charge in [-0.15, -0.1) is 12.3 Å². The lowest BCUT2D eigenvalue weighted by Gasteiger charge is -2.15. The molecule has 1 atom stereocenters. The van der Waals surface area contributed by atoms with E-state index in [9.17, 15) is 0 Å². The molecule has 0 spiro atoms. The van der Waals surface area contributed by atoms with Crippen LogP contribution in [-0.4, -0.2) is 0 Å². The van der Waals surface area contributed by atoms with E-state index in [2.05, 4.69) is 11.3 Å². The molecule has 5 N–H and O–H groups in total. The fourth-order valence-electron chi connectivity index (χ4n) is 1.24. The molecule has 4 heteroatoms. The van der Waals surface area contributed by atoms with Gasteiger partial charge in [0.15, 0.2) is 0 Å². The number of terminal acetylenes is 1. The molecule has 0 fully saturated rings. The Morgan fingerprint density at radius 1 is 1.57 bits per heavy atom. The zero-order valence-corrected chi connectivity index (χ0v) is 8.38. The number of hydrogen-bond acceptors (Lipinski definition) is 3. The molecular formula is C10H12ClN3. The van der Waals surface area contributed by atoms with Gasteiger partial charge in [0.25, 0.3) is 0 Å². The maximum absolute atomic E-state index is 5.78. The molecule has 0 aromatic heterocycles. The summed E-state index contributed by atoms with van der Waals surface area (Å²) in [7, 11) is 0. The molecule has 1 aromatic rings. The maximum Gasteiger partial charge on any atom is 0.0589 e. The minimum atomic E-state index is -0.128. The zero-order valence-electron chi connectivity index (χ0n) is 7.63. The van der Waals surface area contributed by atoms with Gasteiger partial charge in [-0.2, -0.15) is 0 Å². The summed E-state index contributed by atoms with van der Waals surface area (Å²) in [5, 5.41) is 0.600. The van der Waals surface area contributed by atoms with Crippen molar-refractivity contribution in [2.24, 2.45) is 5.84 Å². The van der Waals surface area contributed by atoms with Crippen molar-refractivity contribution in [2.45, 2.75) is 12.5 Å². The Balaban J connectivity index is 2.99. The molecule has 14 heavy (non-hydrogen) atoms. The third-order valence-electron chi connectivity index (χ3n) is 1.95. The van der Waals surface area contributed by atoms with Gasteiger partial charge in [0.1, 0.15) is 0 Å². The van der Waals surface area contributed by atoms with Crippen LogP contribution in [0.3, 0.4) is 0 Å². The van der Waals surface area contributed by atoms with Gasteiger partial charge in [-0.3, -0.25) is 11.3 Å². The highest BCUT2D eigenvalue weighted by Crippen LogP contribution is 2.25. The Morgan fingerprint density at radius 3 is 2.79 bits per heavy atom. The standard InChI is InChI=1S/C10H12ClN3/c1-2-3-10(14-13)8-5-4-7(11)6-9(8)12/h1,4-6,10,14H,3,12-13H2. The Labute approximate surface area is 88.4 Å². The molecular weight excluding hydrogens is 198 g/mol.